The molecule has 0 aliphatic rings. The van der Waals surface area contributed by atoms with Crippen molar-refractivity contribution >= 4 is 21.8 Å². The van der Waals surface area contributed by atoms with Crippen LogP contribution in [0.4, 0.5) is 4.39 Å². The van der Waals surface area contributed by atoms with E-state index in [0.29, 0.717) is 18.8 Å². The maximum atomic E-state index is 13.0. The Hall–Kier alpha value is -0.940. The lowest BCUT2D eigenvalue weighted by Crippen LogP contribution is -2.35. The molecule has 0 heterocycles. The summed E-state index contributed by atoms with van der Waals surface area (Å²) in [6, 6.07) is 4.08. The molecule has 1 atom stereocenters. The van der Waals surface area contributed by atoms with Crippen molar-refractivity contribution in [2.45, 2.75) is 19.9 Å². The van der Waals surface area contributed by atoms with Gasteiger partial charge in [0.2, 0.25) is 0 Å². The second-order valence-corrected chi connectivity index (χ2v) is 4.52. The Morgan fingerprint density at radius 1 is 1.59 bits per heavy atom. The van der Waals surface area contributed by atoms with Crippen molar-refractivity contribution in [2.24, 2.45) is 0 Å². The van der Waals surface area contributed by atoms with Crippen LogP contribution >= 0.6 is 15.9 Å². The van der Waals surface area contributed by atoms with Gasteiger partial charge in [-0.2, -0.15) is 0 Å². The third-order valence-electron chi connectivity index (χ3n) is 2.13. The van der Waals surface area contributed by atoms with Crippen molar-refractivity contribution < 1.29 is 13.9 Å². The van der Waals surface area contributed by atoms with E-state index in [9.17, 15) is 9.18 Å². The predicted molar refractivity (Wildman–Crippen MR) is 67.5 cm³/mol. The highest BCUT2D eigenvalue weighted by molar-refractivity contribution is 9.10. The van der Waals surface area contributed by atoms with Gasteiger partial charge in [-0.3, -0.25) is 4.79 Å². The van der Waals surface area contributed by atoms with Gasteiger partial charge in [0.1, 0.15) is 5.82 Å². The molecule has 0 aromatic heterocycles. The number of benzene rings is 1. The number of carbonyl (C=O) groups excluding carboxylic acids is 1. The summed E-state index contributed by atoms with van der Waals surface area (Å²) in [5, 5.41) is 2.77. The van der Waals surface area contributed by atoms with E-state index in [1.54, 1.807) is 0 Å². The maximum absolute atomic E-state index is 13.0. The van der Waals surface area contributed by atoms with Gasteiger partial charge in [0, 0.05) is 18.2 Å². The zero-order valence-corrected chi connectivity index (χ0v) is 11.4. The number of nitrogens with one attached hydrogen (secondary N) is 1. The number of carbonyl (C=O) groups is 1. The van der Waals surface area contributed by atoms with Crippen LogP contribution in [0.2, 0.25) is 0 Å². The zero-order chi connectivity index (χ0) is 12.8. The molecule has 17 heavy (non-hydrogen) atoms. The Bertz CT molecular complexity index is 398. The molecule has 1 aromatic rings. The van der Waals surface area contributed by atoms with E-state index in [0.717, 1.165) is 0 Å². The summed E-state index contributed by atoms with van der Waals surface area (Å²) in [5.41, 5.74) is 0.418. The zero-order valence-electron chi connectivity index (χ0n) is 9.80. The molecule has 1 unspecified atom stereocenters. The van der Waals surface area contributed by atoms with Crippen molar-refractivity contribution in [3.05, 3.63) is 34.1 Å². The second kappa shape index (κ2) is 6.71. The van der Waals surface area contributed by atoms with E-state index in [1.165, 1.54) is 18.2 Å². The standard InChI is InChI=1S/C12H15BrFNO2/c1-3-17-7-8(2)15-12(16)9-4-5-11(14)10(13)6-9/h4-6,8H,3,7H2,1-2H3,(H,15,16). The van der Waals surface area contributed by atoms with E-state index >= 15 is 0 Å². The Morgan fingerprint density at radius 2 is 2.29 bits per heavy atom. The van der Waals surface area contributed by atoms with Gasteiger partial charge < -0.3 is 10.1 Å². The average molecular weight is 304 g/mol. The van der Waals surface area contributed by atoms with Gasteiger partial charge in [0.05, 0.1) is 11.1 Å². The lowest BCUT2D eigenvalue weighted by atomic mass is 10.2. The third-order valence-corrected chi connectivity index (χ3v) is 2.74. The molecular formula is C12H15BrFNO2. The van der Waals surface area contributed by atoms with Gasteiger partial charge in [0.25, 0.3) is 5.91 Å². The molecular weight excluding hydrogens is 289 g/mol. The van der Waals surface area contributed by atoms with Crippen molar-refractivity contribution in [2.75, 3.05) is 13.2 Å². The van der Waals surface area contributed by atoms with Crippen molar-refractivity contribution in [1.82, 2.24) is 5.32 Å². The highest BCUT2D eigenvalue weighted by Crippen LogP contribution is 2.16. The summed E-state index contributed by atoms with van der Waals surface area (Å²) in [6.07, 6.45) is 0. The monoisotopic (exact) mass is 303 g/mol. The predicted octanol–water partition coefficient (Wildman–Crippen LogP) is 2.74. The number of hydrogen-bond donors (Lipinski definition) is 1. The van der Waals surface area contributed by atoms with Crippen LogP contribution in [-0.4, -0.2) is 25.2 Å². The molecule has 1 amide bonds. The molecule has 1 N–H and O–H groups in total. The van der Waals surface area contributed by atoms with Gasteiger partial charge >= 0.3 is 0 Å². The van der Waals surface area contributed by atoms with Crippen LogP contribution in [0.3, 0.4) is 0 Å². The fourth-order valence-corrected chi connectivity index (χ4v) is 1.66. The Balaban J connectivity index is 2.60. The van der Waals surface area contributed by atoms with Crippen LogP contribution in [0, 0.1) is 5.82 Å². The molecule has 5 heteroatoms. The number of amides is 1. The maximum Gasteiger partial charge on any atom is 0.251 e. The lowest BCUT2D eigenvalue weighted by Gasteiger charge is -2.13. The van der Waals surface area contributed by atoms with Crippen molar-refractivity contribution in [3.8, 4) is 0 Å². The Labute approximate surface area is 108 Å². The topological polar surface area (TPSA) is 38.3 Å². The minimum Gasteiger partial charge on any atom is -0.380 e. The number of hydrogen-bond acceptors (Lipinski definition) is 2. The quantitative estimate of drug-likeness (QED) is 0.908. The minimum atomic E-state index is -0.385. The molecule has 0 aliphatic heterocycles. The van der Waals surface area contributed by atoms with Crippen LogP contribution in [-0.2, 0) is 4.74 Å². The minimum absolute atomic E-state index is 0.0775. The van der Waals surface area contributed by atoms with E-state index in [1.807, 2.05) is 13.8 Å². The first kappa shape index (κ1) is 14.1. The molecule has 0 spiro atoms. The first-order valence-corrected chi connectivity index (χ1v) is 6.17. The van der Waals surface area contributed by atoms with Gasteiger partial charge in [-0.1, -0.05) is 0 Å². The molecule has 0 saturated carbocycles. The Morgan fingerprint density at radius 3 is 2.88 bits per heavy atom. The van der Waals surface area contributed by atoms with E-state index < -0.39 is 0 Å². The van der Waals surface area contributed by atoms with Crippen LogP contribution in [0.1, 0.15) is 24.2 Å². The number of ether oxygens (including phenoxy) is 1. The van der Waals surface area contributed by atoms with Gasteiger partial charge in [-0.05, 0) is 48.0 Å². The first-order chi connectivity index (χ1) is 8.04. The molecule has 1 aromatic carbocycles. The summed E-state index contributed by atoms with van der Waals surface area (Å²) >= 11 is 3.04. The fraction of sp³-hybridized carbons (Fsp3) is 0.417. The van der Waals surface area contributed by atoms with Crippen LogP contribution in [0.15, 0.2) is 22.7 Å². The normalized spacial score (nSPS) is 12.2. The molecule has 1 rings (SSSR count). The molecule has 94 valence electrons. The van der Waals surface area contributed by atoms with E-state index in [4.69, 9.17) is 4.74 Å². The second-order valence-electron chi connectivity index (χ2n) is 3.66. The van der Waals surface area contributed by atoms with E-state index in [-0.39, 0.29) is 22.2 Å². The molecule has 0 fully saturated rings. The Kier molecular flexibility index (Phi) is 5.58. The summed E-state index contributed by atoms with van der Waals surface area (Å²) in [7, 11) is 0. The lowest BCUT2D eigenvalue weighted by molar-refractivity contribution is 0.0872. The van der Waals surface area contributed by atoms with E-state index in [2.05, 4.69) is 21.2 Å². The summed E-state index contributed by atoms with van der Waals surface area (Å²) in [5.74, 6) is -0.623. The molecule has 0 radical (unpaired) electrons. The van der Waals surface area contributed by atoms with Crippen LogP contribution in [0.5, 0.6) is 0 Å². The summed E-state index contributed by atoms with van der Waals surface area (Å²) in [6.45, 7) is 4.82. The smallest absolute Gasteiger partial charge is 0.251 e. The molecule has 0 saturated heterocycles. The van der Waals surface area contributed by atoms with Crippen molar-refractivity contribution in [3.63, 3.8) is 0 Å². The van der Waals surface area contributed by atoms with Crippen LogP contribution < -0.4 is 5.32 Å². The number of halogens is 2. The van der Waals surface area contributed by atoms with Gasteiger partial charge in [-0.15, -0.1) is 0 Å². The fourth-order valence-electron chi connectivity index (χ4n) is 1.28. The summed E-state index contributed by atoms with van der Waals surface area (Å²) < 4.78 is 18.5. The average Bonchev–Trinajstić information content (AvgIpc) is 2.30. The van der Waals surface area contributed by atoms with Crippen molar-refractivity contribution in [1.29, 1.82) is 0 Å². The third kappa shape index (κ3) is 4.44. The van der Waals surface area contributed by atoms with Gasteiger partial charge in [0.15, 0.2) is 0 Å². The number of rotatable bonds is 5. The molecule has 0 bridgehead atoms. The summed E-state index contributed by atoms with van der Waals surface area (Å²) in [4.78, 5) is 11.8. The molecule has 0 aliphatic carbocycles. The van der Waals surface area contributed by atoms with Gasteiger partial charge in [-0.25, -0.2) is 4.39 Å². The highest BCUT2D eigenvalue weighted by Gasteiger charge is 2.11. The molecule has 3 nitrogen and oxygen atoms in total. The largest absolute Gasteiger partial charge is 0.380 e. The SMILES string of the molecule is CCOCC(C)NC(=O)c1ccc(F)c(Br)c1. The highest BCUT2D eigenvalue weighted by atomic mass is 79.9. The first-order valence-electron chi connectivity index (χ1n) is 5.38. The van der Waals surface area contributed by atoms with Crippen LogP contribution in [0.25, 0.3) is 0 Å².